The number of ether oxygens (including phenoxy) is 3. The highest BCUT2D eigenvalue weighted by molar-refractivity contribution is 7.91. The molecule has 0 aliphatic heterocycles. The van der Waals surface area contributed by atoms with Crippen LogP contribution in [0.5, 0.6) is 5.75 Å². The highest BCUT2D eigenvalue weighted by Crippen LogP contribution is 2.31. The lowest BCUT2D eigenvalue weighted by Gasteiger charge is -2.27. The van der Waals surface area contributed by atoms with E-state index in [0.29, 0.717) is 10.6 Å². The van der Waals surface area contributed by atoms with Crippen molar-refractivity contribution >= 4 is 33.7 Å². The third kappa shape index (κ3) is 10.3. The number of sulfone groups is 1. The van der Waals surface area contributed by atoms with Crippen LogP contribution in [-0.4, -0.2) is 61.0 Å². The number of rotatable bonds is 9. The summed E-state index contributed by atoms with van der Waals surface area (Å²) in [6, 6.07) is 9.28. The molecule has 42 heavy (non-hydrogen) atoms. The zero-order valence-electron chi connectivity index (χ0n) is 24.5. The van der Waals surface area contributed by atoms with Gasteiger partial charge in [-0.15, -0.1) is 5.06 Å². The molecule has 2 N–H and O–H groups in total. The number of para-hydroxylation sites is 1. The Balaban J connectivity index is 2.09. The third-order valence-electron chi connectivity index (χ3n) is 4.85. The number of amides is 2. The number of hydroxylamine groups is 2. The lowest BCUT2D eigenvalue weighted by atomic mass is 10.2. The van der Waals surface area contributed by atoms with E-state index in [1.807, 2.05) is 0 Å². The minimum atomic E-state index is -4.23. The standard InChI is InChI=1S/C27H36N4O10S/c1-18-15-19(17-20(16-18)42(36,37)22-12-9-8-11-21(22)31(34)35)38-13-10-14-39-30(25(33)41-27(5,6)7)23(28)29-24(32)40-26(2,3)4/h8-9,11-12,15-17H,10,13-14H2,1-7H3,(H2,28,29,32). The average molecular weight is 609 g/mol. The van der Waals surface area contributed by atoms with E-state index in [1.165, 1.54) is 30.3 Å². The third-order valence-corrected chi connectivity index (χ3v) is 6.63. The lowest BCUT2D eigenvalue weighted by Crippen LogP contribution is -2.49. The summed E-state index contributed by atoms with van der Waals surface area (Å²) >= 11 is 0. The van der Waals surface area contributed by atoms with Crippen LogP contribution in [0.1, 0.15) is 53.5 Å². The topological polar surface area (TPSA) is 187 Å². The van der Waals surface area contributed by atoms with Crippen molar-refractivity contribution in [2.75, 3.05) is 13.2 Å². The second-order valence-electron chi connectivity index (χ2n) is 11.0. The molecular weight excluding hydrogens is 572 g/mol. The molecule has 14 nitrogen and oxygen atoms in total. The summed E-state index contributed by atoms with van der Waals surface area (Å²) in [5.74, 6) is -0.543. The van der Waals surface area contributed by atoms with E-state index >= 15 is 0 Å². The molecule has 2 rings (SSSR count). The summed E-state index contributed by atoms with van der Waals surface area (Å²) in [4.78, 5) is 40.1. The van der Waals surface area contributed by atoms with E-state index in [4.69, 9.17) is 24.5 Å². The first kappa shape index (κ1) is 34.0. The molecule has 0 fully saturated rings. The van der Waals surface area contributed by atoms with Crippen molar-refractivity contribution in [3.8, 4) is 5.75 Å². The Morgan fingerprint density at radius 2 is 1.62 bits per heavy atom. The van der Waals surface area contributed by atoms with Crippen LogP contribution in [0.15, 0.2) is 52.3 Å². The van der Waals surface area contributed by atoms with Gasteiger partial charge in [-0.05, 0) is 78.3 Å². The molecule has 0 aliphatic carbocycles. The number of carbonyl (C=O) groups excluding carboxylic acids is 2. The molecule has 2 aromatic carbocycles. The molecule has 0 aromatic heterocycles. The van der Waals surface area contributed by atoms with E-state index in [0.717, 1.165) is 6.07 Å². The Hall–Kier alpha value is -4.24. The van der Waals surface area contributed by atoms with Gasteiger partial charge in [0, 0.05) is 12.5 Å². The van der Waals surface area contributed by atoms with Gasteiger partial charge in [0.1, 0.15) is 21.8 Å². The summed E-state index contributed by atoms with van der Waals surface area (Å²) in [6.45, 7) is 11.3. The van der Waals surface area contributed by atoms with Gasteiger partial charge in [0.05, 0.1) is 23.0 Å². The van der Waals surface area contributed by atoms with E-state index in [1.54, 1.807) is 54.5 Å². The summed E-state index contributed by atoms with van der Waals surface area (Å²) in [7, 11) is -4.23. The normalized spacial score (nSPS) is 11.8. The molecule has 2 amide bonds. The quantitative estimate of drug-likeness (QED) is 0.127. The fourth-order valence-electron chi connectivity index (χ4n) is 3.28. The van der Waals surface area contributed by atoms with Gasteiger partial charge in [-0.25, -0.2) is 18.0 Å². The molecule has 0 aliphatic rings. The predicted octanol–water partition coefficient (Wildman–Crippen LogP) is 5.13. The number of aryl methyl sites for hydroxylation is 1. The largest absolute Gasteiger partial charge is 0.493 e. The van der Waals surface area contributed by atoms with Crippen molar-refractivity contribution < 1.29 is 42.0 Å². The lowest BCUT2D eigenvalue weighted by molar-refractivity contribution is -0.387. The summed E-state index contributed by atoms with van der Waals surface area (Å²) in [5.41, 5.74) is -1.76. The number of hydrogen-bond acceptors (Lipinski definition) is 11. The number of nitro benzene ring substituents is 1. The van der Waals surface area contributed by atoms with E-state index in [-0.39, 0.29) is 30.3 Å². The fourth-order valence-corrected chi connectivity index (χ4v) is 4.82. The number of nitro groups is 1. The Kier molecular flexibility index (Phi) is 11.0. The van der Waals surface area contributed by atoms with Crippen LogP contribution in [0.3, 0.4) is 0 Å². The number of carbonyl (C=O) groups is 2. The fraction of sp³-hybridized carbons (Fsp3) is 0.444. The van der Waals surface area contributed by atoms with Gasteiger partial charge < -0.3 is 14.2 Å². The van der Waals surface area contributed by atoms with Crippen molar-refractivity contribution in [2.24, 2.45) is 0 Å². The van der Waals surface area contributed by atoms with Crippen LogP contribution >= 0.6 is 0 Å². The minimum absolute atomic E-state index is 0.00338. The van der Waals surface area contributed by atoms with Gasteiger partial charge in [0.25, 0.3) is 5.69 Å². The van der Waals surface area contributed by atoms with Crippen molar-refractivity contribution in [2.45, 2.75) is 75.9 Å². The average Bonchev–Trinajstić information content (AvgIpc) is 2.83. The SMILES string of the molecule is Cc1cc(OCCCON(C(=N)NC(=O)OC(C)(C)C)C(=O)OC(C)(C)C)cc(S(=O)(=O)c2ccccc2[N+](=O)[O-])c1. The van der Waals surface area contributed by atoms with Crippen molar-refractivity contribution in [3.05, 3.63) is 58.1 Å². The van der Waals surface area contributed by atoms with Crippen LogP contribution in [0.2, 0.25) is 0 Å². The molecule has 0 spiro atoms. The molecule has 0 bridgehead atoms. The number of guanidine groups is 1. The Bertz CT molecular complexity index is 1430. The molecule has 0 radical (unpaired) electrons. The summed E-state index contributed by atoms with van der Waals surface area (Å²) in [6.07, 6.45) is -1.86. The highest BCUT2D eigenvalue weighted by atomic mass is 32.2. The summed E-state index contributed by atoms with van der Waals surface area (Å²) in [5, 5.41) is 22.1. The Morgan fingerprint density at radius 1 is 1.00 bits per heavy atom. The molecule has 0 saturated heterocycles. The molecule has 0 saturated carbocycles. The molecular formula is C27H36N4O10S. The van der Waals surface area contributed by atoms with Crippen LogP contribution in [-0.2, 0) is 24.1 Å². The predicted molar refractivity (Wildman–Crippen MR) is 151 cm³/mol. The van der Waals surface area contributed by atoms with Crippen LogP contribution in [0, 0.1) is 22.4 Å². The van der Waals surface area contributed by atoms with E-state index < -0.39 is 54.7 Å². The zero-order valence-corrected chi connectivity index (χ0v) is 25.4. The second-order valence-corrected chi connectivity index (χ2v) is 12.9. The first-order valence-electron chi connectivity index (χ1n) is 12.8. The van der Waals surface area contributed by atoms with E-state index in [2.05, 4.69) is 5.32 Å². The number of alkyl carbamates (subject to hydrolysis) is 1. The monoisotopic (exact) mass is 608 g/mol. The van der Waals surface area contributed by atoms with E-state index in [9.17, 15) is 28.1 Å². The van der Waals surface area contributed by atoms with Gasteiger partial charge in [-0.3, -0.25) is 25.7 Å². The molecule has 0 atom stereocenters. The maximum absolute atomic E-state index is 13.2. The van der Waals surface area contributed by atoms with Crippen LogP contribution in [0.25, 0.3) is 0 Å². The second kappa shape index (κ2) is 13.6. The van der Waals surface area contributed by atoms with Gasteiger partial charge in [-0.2, -0.15) is 0 Å². The highest BCUT2D eigenvalue weighted by Gasteiger charge is 2.30. The molecule has 230 valence electrons. The molecule has 2 aromatic rings. The molecule has 0 heterocycles. The van der Waals surface area contributed by atoms with Crippen molar-refractivity contribution in [1.29, 1.82) is 5.41 Å². The van der Waals surface area contributed by atoms with Crippen LogP contribution in [0.4, 0.5) is 15.3 Å². The van der Waals surface area contributed by atoms with Crippen molar-refractivity contribution in [3.63, 3.8) is 0 Å². The van der Waals surface area contributed by atoms with Crippen LogP contribution < -0.4 is 10.1 Å². The first-order chi connectivity index (χ1) is 19.3. The number of benzene rings is 2. The maximum atomic E-state index is 13.2. The smallest absolute Gasteiger partial charge is 0.442 e. The minimum Gasteiger partial charge on any atom is -0.493 e. The number of hydrogen-bond donors (Lipinski definition) is 2. The first-order valence-corrected chi connectivity index (χ1v) is 14.3. The number of nitrogens with zero attached hydrogens (tertiary/aromatic N) is 2. The van der Waals surface area contributed by atoms with Gasteiger partial charge in [0.2, 0.25) is 15.8 Å². The Labute approximate surface area is 244 Å². The molecule has 15 heteroatoms. The zero-order chi connectivity index (χ0) is 31.9. The summed E-state index contributed by atoms with van der Waals surface area (Å²) < 4.78 is 42.4. The number of nitrogens with one attached hydrogen (secondary N) is 2. The van der Waals surface area contributed by atoms with Gasteiger partial charge in [-0.1, -0.05) is 12.1 Å². The van der Waals surface area contributed by atoms with Gasteiger partial charge in [0.15, 0.2) is 0 Å². The van der Waals surface area contributed by atoms with Gasteiger partial charge >= 0.3 is 12.2 Å². The maximum Gasteiger partial charge on any atom is 0.442 e. The Morgan fingerprint density at radius 3 is 2.21 bits per heavy atom. The molecule has 0 unspecified atom stereocenters. The van der Waals surface area contributed by atoms with Crippen molar-refractivity contribution in [1.82, 2.24) is 10.4 Å².